The number of amides is 2. The van der Waals surface area contributed by atoms with E-state index in [4.69, 9.17) is 4.74 Å². The first-order chi connectivity index (χ1) is 20.0. The number of thioether (sulfide) groups is 1. The Morgan fingerprint density at radius 1 is 1.24 bits per heavy atom. The molecule has 3 unspecified atom stereocenters. The molecule has 0 aromatic heterocycles. The number of halogens is 1. The number of aliphatic hydroxyl groups excluding tert-OH is 1. The third-order valence-electron chi connectivity index (χ3n) is 8.91. The van der Waals surface area contributed by atoms with Crippen molar-refractivity contribution in [2.75, 3.05) is 24.7 Å². The van der Waals surface area contributed by atoms with Gasteiger partial charge in [-0.3, -0.25) is 14.4 Å². The van der Waals surface area contributed by atoms with E-state index in [2.05, 4.69) is 29.1 Å². The van der Waals surface area contributed by atoms with Gasteiger partial charge in [0, 0.05) is 22.3 Å². The quantitative estimate of drug-likeness (QED) is 0.121. The molecule has 2 bridgehead atoms. The number of aliphatic hydroxyl groups is 1. The van der Waals surface area contributed by atoms with Gasteiger partial charge in [-0.25, -0.2) is 0 Å². The van der Waals surface area contributed by atoms with Crippen LogP contribution in [0.3, 0.4) is 0 Å². The molecule has 3 aliphatic rings. The molecule has 1 aromatic carbocycles. The monoisotopic (exact) mass is 660 g/mol. The van der Waals surface area contributed by atoms with Gasteiger partial charge in [0.15, 0.2) is 0 Å². The van der Waals surface area contributed by atoms with E-state index in [0.29, 0.717) is 19.4 Å². The van der Waals surface area contributed by atoms with Crippen molar-refractivity contribution >= 4 is 51.2 Å². The molecule has 2 amide bonds. The van der Waals surface area contributed by atoms with E-state index in [1.54, 1.807) is 27.6 Å². The van der Waals surface area contributed by atoms with E-state index >= 15 is 0 Å². The number of hydrogen-bond acceptors (Lipinski definition) is 6. The normalized spacial score (nSPS) is 28.6. The number of likely N-dealkylation sites (tertiary alicyclic amines) is 1. The van der Waals surface area contributed by atoms with Gasteiger partial charge in [0.1, 0.15) is 6.04 Å². The zero-order valence-electron chi connectivity index (χ0n) is 25.3. The second kappa shape index (κ2) is 13.7. The zero-order valence-corrected chi connectivity index (χ0v) is 27.7. The maximum absolute atomic E-state index is 14.9. The predicted molar refractivity (Wildman–Crippen MR) is 173 cm³/mol. The number of esters is 1. The summed E-state index contributed by atoms with van der Waals surface area (Å²) in [6.07, 6.45) is 7.13. The number of carbonyl (C=O) groups excluding carboxylic acids is 3. The predicted octanol–water partition coefficient (Wildman–Crippen LogP) is 5.59. The fourth-order valence-corrected chi connectivity index (χ4v) is 10.9. The smallest absolute Gasteiger partial charge is 0.310 e. The summed E-state index contributed by atoms with van der Waals surface area (Å²) in [5.74, 6) is -1.96. The summed E-state index contributed by atoms with van der Waals surface area (Å²) < 4.78 is 4.94. The molecule has 4 rings (SSSR count). The molecule has 0 radical (unpaired) electrons. The SMILES string of the molecule is C=CCCCCOC(=O)[C@H]1[C@@H]2SC3(CC2Br)C(C(=O)N(CC=C)c2c(C)cccc2C)N([C@@H](CO)CC(C)C)C(=O)[C@H]13. The molecule has 0 saturated carbocycles. The first kappa shape index (κ1) is 32.8. The van der Waals surface area contributed by atoms with Crippen LogP contribution >= 0.6 is 27.7 Å². The largest absolute Gasteiger partial charge is 0.465 e. The standard InChI is InChI=1S/C33H45BrN2O5S/c1-7-9-10-11-16-41-32(40)25-26-30(38)36(23(19-37)17-20(3)4)29(33(26)18-24(34)28(25)42-33)31(39)35(15-8-2)27-21(5)13-12-14-22(27)6/h7-8,12-14,20,23-26,28-29,37H,1-2,9-11,15-19H2,3-6H3/t23-,24?,25-,26+,28-,29?,33?/m1/s1. The highest BCUT2D eigenvalue weighted by atomic mass is 79.9. The number of nitrogens with zero attached hydrogens (tertiary/aromatic N) is 2. The summed E-state index contributed by atoms with van der Waals surface area (Å²) in [6, 6.07) is 4.53. The lowest BCUT2D eigenvalue weighted by molar-refractivity contribution is -0.154. The van der Waals surface area contributed by atoms with Gasteiger partial charge < -0.3 is 19.6 Å². The first-order valence-corrected chi connectivity index (χ1v) is 16.8. The minimum atomic E-state index is -0.842. The van der Waals surface area contributed by atoms with E-state index in [-0.39, 0.29) is 46.9 Å². The van der Waals surface area contributed by atoms with Crippen molar-refractivity contribution < 1.29 is 24.2 Å². The molecular formula is C33H45BrN2O5S. The van der Waals surface area contributed by atoms with Crippen LogP contribution in [0.15, 0.2) is 43.5 Å². The Hall–Kier alpha value is -2.10. The van der Waals surface area contributed by atoms with Gasteiger partial charge in [-0.1, -0.05) is 60.1 Å². The van der Waals surface area contributed by atoms with Crippen LogP contribution in [-0.4, -0.2) is 74.5 Å². The van der Waals surface area contributed by atoms with Crippen molar-refractivity contribution in [2.24, 2.45) is 17.8 Å². The molecule has 1 spiro atoms. The molecule has 7 nitrogen and oxygen atoms in total. The highest BCUT2D eigenvalue weighted by molar-refractivity contribution is 9.09. The Morgan fingerprint density at radius 2 is 1.93 bits per heavy atom. The third kappa shape index (κ3) is 5.85. The first-order valence-electron chi connectivity index (χ1n) is 15.0. The van der Waals surface area contributed by atoms with Crippen LogP contribution in [0.5, 0.6) is 0 Å². The number of alkyl halides is 1. The van der Waals surface area contributed by atoms with Gasteiger partial charge in [0.25, 0.3) is 5.91 Å². The maximum Gasteiger partial charge on any atom is 0.310 e. The molecular weight excluding hydrogens is 616 g/mol. The lowest BCUT2D eigenvalue weighted by Gasteiger charge is -2.40. The molecule has 0 aliphatic carbocycles. The zero-order chi connectivity index (χ0) is 30.8. The van der Waals surface area contributed by atoms with Crippen LogP contribution < -0.4 is 4.90 Å². The number of allylic oxidation sites excluding steroid dienone is 1. The molecule has 3 heterocycles. The van der Waals surface area contributed by atoms with E-state index in [0.717, 1.165) is 36.1 Å². The topological polar surface area (TPSA) is 87.2 Å². The molecule has 3 aliphatic heterocycles. The van der Waals surface area contributed by atoms with Gasteiger partial charge in [-0.05, 0) is 63.0 Å². The summed E-state index contributed by atoms with van der Waals surface area (Å²) in [5, 5.41) is 10.4. The summed E-state index contributed by atoms with van der Waals surface area (Å²) >= 11 is 5.42. The minimum absolute atomic E-state index is 0.0501. The molecule has 1 aromatic rings. The number of unbranched alkanes of at least 4 members (excludes halogenated alkanes) is 2. The summed E-state index contributed by atoms with van der Waals surface area (Å²) in [6.45, 7) is 16.0. The minimum Gasteiger partial charge on any atom is -0.465 e. The lowest BCUT2D eigenvalue weighted by atomic mass is 9.71. The average molecular weight is 662 g/mol. The van der Waals surface area contributed by atoms with Gasteiger partial charge >= 0.3 is 5.97 Å². The van der Waals surface area contributed by atoms with Crippen molar-refractivity contribution in [2.45, 2.75) is 86.7 Å². The van der Waals surface area contributed by atoms with Crippen LogP contribution in [0, 0.1) is 31.6 Å². The number of carbonyl (C=O) groups is 3. The molecule has 1 N–H and O–H groups in total. The van der Waals surface area contributed by atoms with Crippen LogP contribution in [0.4, 0.5) is 5.69 Å². The van der Waals surface area contributed by atoms with Gasteiger partial charge in [-0.2, -0.15) is 0 Å². The van der Waals surface area contributed by atoms with Crippen LogP contribution in [-0.2, 0) is 19.1 Å². The summed E-state index contributed by atoms with van der Waals surface area (Å²) in [4.78, 5) is 46.4. The third-order valence-corrected chi connectivity index (χ3v) is 12.1. The lowest BCUT2D eigenvalue weighted by Crippen LogP contribution is -2.58. The van der Waals surface area contributed by atoms with Crippen molar-refractivity contribution in [3.05, 3.63) is 54.6 Å². The van der Waals surface area contributed by atoms with Crippen molar-refractivity contribution in [1.82, 2.24) is 4.90 Å². The van der Waals surface area contributed by atoms with Crippen LogP contribution in [0.1, 0.15) is 57.1 Å². The Kier molecular flexibility index (Phi) is 10.7. The molecule has 3 fully saturated rings. The van der Waals surface area contributed by atoms with Crippen molar-refractivity contribution in [1.29, 1.82) is 0 Å². The Morgan fingerprint density at radius 3 is 2.52 bits per heavy atom. The number of benzene rings is 1. The molecule has 9 heteroatoms. The number of anilines is 1. The summed E-state index contributed by atoms with van der Waals surface area (Å²) in [5.41, 5.74) is 2.72. The number of para-hydroxylation sites is 1. The van der Waals surface area contributed by atoms with Crippen molar-refractivity contribution in [3.63, 3.8) is 0 Å². The van der Waals surface area contributed by atoms with Gasteiger partial charge in [0.05, 0.1) is 35.8 Å². The van der Waals surface area contributed by atoms with E-state index in [1.165, 1.54) is 0 Å². The van der Waals surface area contributed by atoms with E-state index < -0.39 is 28.7 Å². The number of rotatable bonds is 14. The Bertz CT molecular complexity index is 1190. The average Bonchev–Trinajstić information content (AvgIpc) is 3.53. The highest BCUT2D eigenvalue weighted by Crippen LogP contribution is 2.68. The number of ether oxygens (including phenoxy) is 1. The van der Waals surface area contributed by atoms with Crippen LogP contribution in [0.2, 0.25) is 0 Å². The van der Waals surface area contributed by atoms with Crippen LogP contribution in [0.25, 0.3) is 0 Å². The second-order valence-electron chi connectivity index (χ2n) is 12.3. The number of hydrogen-bond donors (Lipinski definition) is 1. The van der Waals surface area contributed by atoms with Crippen molar-refractivity contribution in [3.8, 4) is 0 Å². The molecule has 42 heavy (non-hydrogen) atoms. The van der Waals surface area contributed by atoms with Gasteiger partial charge in [-0.15, -0.1) is 24.9 Å². The van der Waals surface area contributed by atoms with Gasteiger partial charge in [0.2, 0.25) is 5.91 Å². The second-order valence-corrected chi connectivity index (χ2v) is 15.0. The van der Waals surface area contributed by atoms with E-state index in [1.807, 2.05) is 52.0 Å². The molecule has 7 atom stereocenters. The highest BCUT2D eigenvalue weighted by Gasteiger charge is 2.76. The maximum atomic E-state index is 14.9. The fraction of sp³-hybridized carbons (Fsp3) is 0.606. The number of fused-ring (bicyclic) bond motifs is 1. The molecule has 3 saturated heterocycles. The molecule has 230 valence electrons. The summed E-state index contributed by atoms with van der Waals surface area (Å²) in [7, 11) is 0. The fourth-order valence-electron chi connectivity index (χ4n) is 7.29. The number of aryl methyl sites for hydroxylation is 2. The Balaban J connectivity index is 1.79. The Labute approximate surface area is 263 Å². The van der Waals surface area contributed by atoms with E-state index in [9.17, 15) is 19.5 Å².